The molecule has 0 saturated carbocycles. The molecule has 0 aliphatic heterocycles. The van der Waals surface area contributed by atoms with E-state index in [2.05, 4.69) is 20.9 Å². The summed E-state index contributed by atoms with van der Waals surface area (Å²) in [6.07, 6.45) is 1.70. The fourth-order valence-electron chi connectivity index (χ4n) is 1.45. The Morgan fingerprint density at radius 1 is 1.39 bits per heavy atom. The lowest BCUT2D eigenvalue weighted by atomic mass is 10.1. The van der Waals surface area contributed by atoms with E-state index in [1.54, 1.807) is 6.20 Å². The van der Waals surface area contributed by atoms with Crippen LogP contribution in [0.3, 0.4) is 0 Å². The first-order valence-electron chi connectivity index (χ1n) is 6.04. The second-order valence-corrected chi connectivity index (χ2v) is 5.29. The molecule has 1 atom stereocenters. The minimum absolute atomic E-state index is 0.0229. The molecule has 0 aliphatic rings. The van der Waals surface area contributed by atoms with Gasteiger partial charge in [0.2, 0.25) is 5.91 Å². The quantitative estimate of drug-likeness (QED) is 0.763. The van der Waals surface area contributed by atoms with Crippen molar-refractivity contribution >= 4 is 17.4 Å². The largest absolute Gasteiger partial charge is 0.374 e. The number of pyridine rings is 1. The maximum absolute atomic E-state index is 11.9. The minimum Gasteiger partial charge on any atom is -0.374 e. The van der Waals surface area contributed by atoms with Crippen LogP contribution in [0.1, 0.15) is 27.7 Å². The Labute approximate surface area is 108 Å². The Morgan fingerprint density at radius 2 is 2.06 bits per heavy atom. The molecular weight excluding hydrogens is 228 g/mol. The molecule has 0 radical (unpaired) electrons. The minimum atomic E-state index is -0.295. The van der Waals surface area contributed by atoms with E-state index < -0.39 is 0 Å². The first kappa shape index (κ1) is 14.3. The van der Waals surface area contributed by atoms with Crippen molar-refractivity contribution in [3.8, 4) is 0 Å². The summed E-state index contributed by atoms with van der Waals surface area (Å²) < 4.78 is 0. The molecule has 5 heteroatoms. The van der Waals surface area contributed by atoms with Crippen LogP contribution in [0.25, 0.3) is 0 Å². The number of hydrogen-bond acceptors (Lipinski definition) is 4. The van der Waals surface area contributed by atoms with Gasteiger partial charge < -0.3 is 16.0 Å². The van der Waals surface area contributed by atoms with Gasteiger partial charge in [0.05, 0.1) is 0 Å². The van der Waals surface area contributed by atoms with Gasteiger partial charge in [0.15, 0.2) is 0 Å². The van der Waals surface area contributed by atoms with Crippen LogP contribution >= 0.6 is 0 Å². The molecule has 18 heavy (non-hydrogen) atoms. The molecule has 1 rings (SSSR count). The van der Waals surface area contributed by atoms with Gasteiger partial charge in [-0.15, -0.1) is 0 Å². The average molecular weight is 250 g/mol. The summed E-state index contributed by atoms with van der Waals surface area (Å²) in [4.78, 5) is 16.0. The van der Waals surface area contributed by atoms with Crippen molar-refractivity contribution in [3.63, 3.8) is 0 Å². The zero-order valence-electron chi connectivity index (χ0n) is 11.7. The lowest BCUT2D eigenvalue weighted by Gasteiger charge is -2.24. The number of aromatic nitrogens is 1. The Morgan fingerprint density at radius 3 is 2.61 bits per heavy atom. The highest BCUT2D eigenvalue weighted by Crippen LogP contribution is 2.12. The highest BCUT2D eigenvalue weighted by Gasteiger charge is 2.18. The number of rotatable bonds is 4. The van der Waals surface area contributed by atoms with Crippen molar-refractivity contribution in [1.29, 1.82) is 0 Å². The molecule has 5 nitrogen and oxygen atoms in total. The number of nitrogens with zero attached hydrogens (tertiary/aromatic N) is 1. The summed E-state index contributed by atoms with van der Waals surface area (Å²) >= 11 is 0. The van der Waals surface area contributed by atoms with Gasteiger partial charge in [-0.2, -0.15) is 0 Å². The first-order valence-corrected chi connectivity index (χ1v) is 6.04. The predicted octanol–water partition coefficient (Wildman–Crippen LogP) is 1.84. The Balaban J connectivity index is 2.63. The molecule has 3 N–H and O–H groups in total. The van der Waals surface area contributed by atoms with Crippen molar-refractivity contribution in [1.82, 2.24) is 10.3 Å². The molecule has 0 spiro atoms. The molecule has 0 saturated heterocycles. The lowest BCUT2D eigenvalue weighted by molar-refractivity contribution is -0.122. The summed E-state index contributed by atoms with van der Waals surface area (Å²) in [5, 5.41) is 9.04. The fourth-order valence-corrected chi connectivity index (χ4v) is 1.45. The Kier molecular flexibility index (Phi) is 4.53. The molecule has 1 heterocycles. The zero-order chi connectivity index (χ0) is 13.8. The van der Waals surface area contributed by atoms with Crippen LogP contribution < -0.4 is 16.0 Å². The number of carbonyl (C=O) groups is 1. The second kappa shape index (κ2) is 5.71. The smallest absolute Gasteiger partial charge is 0.242 e. The van der Waals surface area contributed by atoms with E-state index in [1.807, 2.05) is 46.9 Å². The first-order chi connectivity index (χ1) is 8.31. The summed E-state index contributed by atoms with van der Waals surface area (Å²) in [7, 11) is 1.81. The van der Waals surface area contributed by atoms with E-state index in [-0.39, 0.29) is 17.5 Å². The zero-order valence-corrected chi connectivity index (χ0v) is 11.7. The molecule has 0 bridgehead atoms. The topological polar surface area (TPSA) is 66.0 Å². The standard InChI is InChI=1S/C13H22N4O/c1-9(12(18)17-13(2,3)4)16-10-6-7-15-11(8-10)14-5/h6-9H,1-5H3,(H,17,18)(H2,14,15,16). The summed E-state index contributed by atoms with van der Waals surface area (Å²) in [6.45, 7) is 7.72. The fraction of sp³-hybridized carbons (Fsp3) is 0.538. The van der Waals surface area contributed by atoms with E-state index in [1.165, 1.54) is 0 Å². The summed E-state index contributed by atoms with van der Waals surface area (Å²) in [5.74, 6) is 0.744. The van der Waals surface area contributed by atoms with Crippen LogP contribution in [0.4, 0.5) is 11.5 Å². The normalized spacial score (nSPS) is 12.7. The monoisotopic (exact) mass is 250 g/mol. The number of anilines is 2. The molecule has 0 aromatic carbocycles. The molecule has 1 unspecified atom stereocenters. The van der Waals surface area contributed by atoms with Crippen LogP contribution in [-0.2, 0) is 4.79 Å². The molecule has 1 aromatic heterocycles. The molecular formula is C13H22N4O. The van der Waals surface area contributed by atoms with E-state index in [4.69, 9.17) is 0 Å². The number of carbonyl (C=O) groups excluding carboxylic acids is 1. The van der Waals surface area contributed by atoms with Crippen molar-refractivity contribution in [2.24, 2.45) is 0 Å². The van der Waals surface area contributed by atoms with E-state index in [9.17, 15) is 4.79 Å². The van der Waals surface area contributed by atoms with Gasteiger partial charge in [-0.25, -0.2) is 4.98 Å². The third-order valence-corrected chi connectivity index (χ3v) is 2.29. The molecule has 0 aliphatic carbocycles. The van der Waals surface area contributed by atoms with Gasteiger partial charge in [-0.3, -0.25) is 4.79 Å². The van der Waals surface area contributed by atoms with Crippen LogP contribution in [0.5, 0.6) is 0 Å². The third kappa shape index (κ3) is 4.61. The molecule has 100 valence electrons. The summed E-state index contributed by atoms with van der Waals surface area (Å²) in [6, 6.07) is 3.40. The maximum atomic E-state index is 11.9. The van der Waals surface area contributed by atoms with Gasteiger partial charge in [-0.1, -0.05) is 0 Å². The highest BCUT2D eigenvalue weighted by atomic mass is 16.2. The van der Waals surface area contributed by atoms with E-state index >= 15 is 0 Å². The van der Waals surface area contributed by atoms with Crippen LogP contribution in [0.15, 0.2) is 18.3 Å². The van der Waals surface area contributed by atoms with Crippen molar-refractivity contribution in [2.75, 3.05) is 17.7 Å². The third-order valence-electron chi connectivity index (χ3n) is 2.29. The van der Waals surface area contributed by atoms with Crippen molar-refractivity contribution in [3.05, 3.63) is 18.3 Å². The molecule has 1 aromatic rings. The molecule has 1 amide bonds. The molecule has 0 fully saturated rings. The van der Waals surface area contributed by atoms with Gasteiger partial charge in [0.1, 0.15) is 11.9 Å². The van der Waals surface area contributed by atoms with Crippen LogP contribution in [0.2, 0.25) is 0 Å². The number of nitrogens with one attached hydrogen (secondary N) is 3. The Bertz CT molecular complexity index is 412. The lowest BCUT2D eigenvalue weighted by Crippen LogP contribution is -2.47. The van der Waals surface area contributed by atoms with Crippen molar-refractivity contribution < 1.29 is 4.79 Å². The SMILES string of the molecule is CNc1cc(NC(C)C(=O)NC(C)(C)C)ccn1. The van der Waals surface area contributed by atoms with Gasteiger partial charge >= 0.3 is 0 Å². The maximum Gasteiger partial charge on any atom is 0.242 e. The van der Waals surface area contributed by atoms with Crippen LogP contribution in [-0.4, -0.2) is 29.5 Å². The van der Waals surface area contributed by atoms with Gasteiger partial charge in [0.25, 0.3) is 0 Å². The predicted molar refractivity (Wildman–Crippen MR) is 74.8 cm³/mol. The van der Waals surface area contributed by atoms with Gasteiger partial charge in [-0.05, 0) is 33.8 Å². The number of hydrogen-bond donors (Lipinski definition) is 3. The highest BCUT2D eigenvalue weighted by molar-refractivity contribution is 5.84. The van der Waals surface area contributed by atoms with Crippen molar-refractivity contribution in [2.45, 2.75) is 39.3 Å². The van der Waals surface area contributed by atoms with Gasteiger partial charge in [0, 0.05) is 30.5 Å². The second-order valence-electron chi connectivity index (χ2n) is 5.29. The average Bonchev–Trinajstić information content (AvgIpc) is 2.27. The van der Waals surface area contributed by atoms with Crippen LogP contribution in [0, 0.1) is 0 Å². The van der Waals surface area contributed by atoms with E-state index in [0.717, 1.165) is 11.5 Å². The summed E-state index contributed by atoms with van der Waals surface area (Å²) in [5.41, 5.74) is 0.646. The van der Waals surface area contributed by atoms with E-state index in [0.29, 0.717) is 0 Å². The number of amides is 1. The Hall–Kier alpha value is -1.78.